The third-order valence-electron chi connectivity index (χ3n) is 3.09. The van der Waals surface area contributed by atoms with Crippen LogP contribution in [0.3, 0.4) is 0 Å². The van der Waals surface area contributed by atoms with E-state index in [1.165, 1.54) is 13.0 Å². The number of aromatic amines is 1. The van der Waals surface area contributed by atoms with Crippen molar-refractivity contribution in [2.75, 3.05) is 6.61 Å². The molecule has 0 fully saturated rings. The fourth-order valence-electron chi connectivity index (χ4n) is 2.16. The molecule has 0 aliphatic carbocycles. The second-order valence-electron chi connectivity index (χ2n) is 4.51. The Morgan fingerprint density at radius 2 is 2.05 bits per heavy atom. The average Bonchev–Trinajstić information content (AvgIpc) is 2.86. The quantitative estimate of drug-likeness (QED) is 0.697. The zero-order valence-electron chi connectivity index (χ0n) is 11.5. The van der Waals surface area contributed by atoms with Gasteiger partial charge in [0.15, 0.2) is 0 Å². The van der Waals surface area contributed by atoms with Gasteiger partial charge in [-0.15, -0.1) is 0 Å². The first-order valence-corrected chi connectivity index (χ1v) is 6.45. The van der Waals surface area contributed by atoms with Crippen LogP contribution >= 0.6 is 0 Å². The Morgan fingerprint density at radius 1 is 1.36 bits per heavy atom. The number of fused-ring (bicyclic) bond motifs is 1. The molecule has 4 nitrogen and oxygen atoms in total. The molecular weight excluding hydrogens is 299 g/mol. The minimum atomic E-state index is -4.98. The zero-order chi connectivity index (χ0) is 16.3. The Hall–Kier alpha value is -2.53. The lowest BCUT2D eigenvalue weighted by Gasteiger charge is -2.17. The number of rotatable bonds is 4. The summed E-state index contributed by atoms with van der Waals surface area (Å²) in [7, 11) is 0. The second kappa shape index (κ2) is 6.07. The third-order valence-corrected chi connectivity index (χ3v) is 3.09. The number of para-hydroxylation sites is 1. The maximum absolute atomic E-state index is 13.0. The molecule has 0 amide bonds. The molecule has 116 valence electrons. The number of H-pyrrole nitrogens is 1. The van der Waals surface area contributed by atoms with E-state index in [1.54, 1.807) is 24.3 Å². The molecule has 0 saturated carbocycles. The van der Waals surface area contributed by atoms with Gasteiger partial charge in [-0.05, 0) is 24.4 Å². The summed E-state index contributed by atoms with van der Waals surface area (Å²) in [6, 6.07) is 8.12. The van der Waals surface area contributed by atoms with Gasteiger partial charge in [0.1, 0.15) is 17.4 Å². The van der Waals surface area contributed by atoms with E-state index in [0.29, 0.717) is 10.9 Å². The molecule has 1 aromatic heterocycles. The highest BCUT2D eigenvalue weighted by Crippen LogP contribution is 2.36. The largest absolute Gasteiger partial charge is 0.465 e. The van der Waals surface area contributed by atoms with Crippen molar-refractivity contribution in [1.29, 1.82) is 0 Å². The number of carbonyl (C=O) groups excluding carboxylic acids is 2. The van der Waals surface area contributed by atoms with Crippen LogP contribution < -0.4 is 0 Å². The van der Waals surface area contributed by atoms with Crippen molar-refractivity contribution < 1.29 is 27.5 Å². The Balaban J connectivity index is 2.57. The van der Waals surface area contributed by atoms with Crippen molar-refractivity contribution >= 4 is 22.8 Å². The van der Waals surface area contributed by atoms with E-state index >= 15 is 0 Å². The molecule has 2 rings (SSSR count). The van der Waals surface area contributed by atoms with Gasteiger partial charge in [-0.25, -0.2) is 4.79 Å². The molecular formula is C15H12F3NO3. The number of alkyl halides is 3. The van der Waals surface area contributed by atoms with Crippen molar-refractivity contribution in [1.82, 2.24) is 4.98 Å². The molecule has 0 bridgehead atoms. The van der Waals surface area contributed by atoms with Crippen LogP contribution in [0.1, 0.15) is 18.5 Å². The SMILES string of the molecule is CCOC(=O)C(C(=C=O)C(F)(F)F)c1cc2ccccc2[nH]1. The van der Waals surface area contributed by atoms with E-state index < -0.39 is 23.6 Å². The van der Waals surface area contributed by atoms with Crippen molar-refractivity contribution in [2.45, 2.75) is 19.0 Å². The van der Waals surface area contributed by atoms with Crippen LogP contribution in [0.15, 0.2) is 35.9 Å². The monoisotopic (exact) mass is 311 g/mol. The highest BCUT2D eigenvalue weighted by Gasteiger charge is 2.45. The molecule has 1 atom stereocenters. The van der Waals surface area contributed by atoms with Crippen molar-refractivity contribution in [3.05, 3.63) is 41.6 Å². The molecule has 0 radical (unpaired) electrons. The summed E-state index contributed by atoms with van der Waals surface area (Å²) in [5, 5.41) is 0.624. The van der Waals surface area contributed by atoms with E-state index in [0.717, 1.165) is 5.94 Å². The number of halogens is 3. The lowest BCUT2D eigenvalue weighted by molar-refractivity contribution is -0.147. The standard InChI is InChI=1S/C15H12F3NO3/c1-2-22-14(21)13(10(8-20)15(16,17)18)12-7-9-5-3-4-6-11(9)19-12/h3-7,13,19H,2H2,1H3. The maximum atomic E-state index is 13.0. The first-order valence-electron chi connectivity index (χ1n) is 6.45. The van der Waals surface area contributed by atoms with Gasteiger partial charge in [-0.2, -0.15) is 13.2 Å². The minimum absolute atomic E-state index is 0.0599. The van der Waals surface area contributed by atoms with E-state index in [4.69, 9.17) is 0 Å². The van der Waals surface area contributed by atoms with Gasteiger partial charge in [-0.3, -0.25) is 4.79 Å². The number of carbonyl (C=O) groups is 1. The van der Waals surface area contributed by atoms with Gasteiger partial charge in [0.25, 0.3) is 0 Å². The van der Waals surface area contributed by atoms with Crippen LogP contribution in [-0.2, 0) is 14.3 Å². The van der Waals surface area contributed by atoms with Gasteiger partial charge < -0.3 is 9.72 Å². The van der Waals surface area contributed by atoms with Crippen molar-refractivity contribution in [3.63, 3.8) is 0 Å². The topological polar surface area (TPSA) is 59.2 Å². The molecule has 1 aromatic carbocycles. The summed E-state index contributed by atoms with van der Waals surface area (Å²) >= 11 is 0. The smallest absolute Gasteiger partial charge is 0.424 e. The molecule has 1 unspecified atom stereocenters. The Bertz CT molecular complexity index is 709. The van der Waals surface area contributed by atoms with Crippen LogP contribution in [-0.4, -0.2) is 29.7 Å². The molecule has 0 spiro atoms. The van der Waals surface area contributed by atoms with Crippen LogP contribution in [0.4, 0.5) is 13.2 Å². The normalized spacial score (nSPS) is 12.7. The zero-order valence-corrected chi connectivity index (χ0v) is 11.5. The second-order valence-corrected chi connectivity index (χ2v) is 4.51. The Labute approximate surface area is 123 Å². The predicted octanol–water partition coefficient (Wildman–Crippen LogP) is 3.13. The highest BCUT2D eigenvalue weighted by molar-refractivity contribution is 5.88. The molecule has 7 heteroatoms. The number of hydrogen-bond donors (Lipinski definition) is 1. The number of esters is 1. The first kappa shape index (κ1) is 15.9. The summed E-state index contributed by atoms with van der Waals surface area (Å²) in [6.45, 7) is 1.37. The summed E-state index contributed by atoms with van der Waals surface area (Å²) in [5.74, 6) is -2.19. The van der Waals surface area contributed by atoms with E-state index in [9.17, 15) is 22.8 Å². The molecule has 1 N–H and O–H groups in total. The minimum Gasteiger partial charge on any atom is -0.465 e. The fraction of sp³-hybridized carbons (Fsp3) is 0.267. The van der Waals surface area contributed by atoms with Gasteiger partial charge in [0.05, 0.1) is 6.61 Å². The number of ether oxygens (including phenoxy) is 1. The molecule has 0 aliphatic heterocycles. The van der Waals surface area contributed by atoms with Crippen LogP contribution in [0, 0.1) is 0 Å². The van der Waals surface area contributed by atoms with Crippen LogP contribution in [0.2, 0.25) is 0 Å². The van der Waals surface area contributed by atoms with Crippen LogP contribution in [0.25, 0.3) is 10.9 Å². The third kappa shape index (κ3) is 3.04. The summed E-state index contributed by atoms with van der Waals surface area (Å²) in [6.07, 6.45) is -4.98. The predicted molar refractivity (Wildman–Crippen MR) is 72.9 cm³/mol. The van der Waals surface area contributed by atoms with Crippen LogP contribution in [0.5, 0.6) is 0 Å². The molecule has 1 heterocycles. The average molecular weight is 311 g/mol. The Kier molecular flexibility index (Phi) is 4.37. The molecule has 0 aliphatic rings. The first-order chi connectivity index (χ1) is 10.4. The maximum Gasteiger partial charge on any atom is 0.424 e. The van der Waals surface area contributed by atoms with Gasteiger partial charge in [0.2, 0.25) is 0 Å². The highest BCUT2D eigenvalue weighted by atomic mass is 19.4. The van der Waals surface area contributed by atoms with Gasteiger partial charge in [-0.1, -0.05) is 18.2 Å². The van der Waals surface area contributed by atoms with Crippen molar-refractivity contribution in [3.8, 4) is 0 Å². The fourth-order valence-corrected chi connectivity index (χ4v) is 2.16. The van der Waals surface area contributed by atoms with E-state index in [2.05, 4.69) is 9.72 Å². The van der Waals surface area contributed by atoms with E-state index in [1.807, 2.05) is 0 Å². The van der Waals surface area contributed by atoms with Gasteiger partial charge >= 0.3 is 12.1 Å². The summed E-state index contributed by atoms with van der Waals surface area (Å²) in [4.78, 5) is 25.4. The lowest BCUT2D eigenvalue weighted by Crippen LogP contribution is -2.27. The van der Waals surface area contributed by atoms with Gasteiger partial charge in [0, 0.05) is 11.2 Å². The molecule has 2 aromatic rings. The lowest BCUT2D eigenvalue weighted by atomic mass is 9.96. The number of benzene rings is 1. The summed E-state index contributed by atoms with van der Waals surface area (Å²) in [5.41, 5.74) is -1.12. The molecule has 22 heavy (non-hydrogen) atoms. The van der Waals surface area contributed by atoms with E-state index in [-0.39, 0.29) is 12.3 Å². The number of hydrogen-bond acceptors (Lipinski definition) is 3. The number of nitrogens with one attached hydrogen (secondary N) is 1. The Morgan fingerprint density at radius 3 is 2.59 bits per heavy atom. The molecule has 0 saturated heterocycles. The number of aromatic nitrogens is 1. The summed E-state index contributed by atoms with van der Waals surface area (Å²) < 4.78 is 43.6. The van der Waals surface area contributed by atoms with Crippen molar-refractivity contribution in [2.24, 2.45) is 0 Å².